The number of nitrogens with zero attached hydrogens (tertiary/aromatic N) is 3. The van der Waals surface area contributed by atoms with E-state index in [1.165, 1.54) is 34.9 Å². The highest BCUT2D eigenvalue weighted by atomic mass is 16.2. The Bertz CT molecular complexity index is 1140. The molecule has 2 aromatic carbocycles. The zero-order valence-electron chi connectivity index (χ0n) is 18.6. The summed E-state index contributed by atoms with van der Waals surface area (Å²) in [5.41, 5.74) is 4.49. The fourth-order valence-electron chi connectivity index (χ4n) is 3.92. The normalized spacial score (nSPS) is 13.6. The van der Waals surface area contributed by atoms with Crippen molar-refractivity contribution in [1.29, 1.82) is 0 Å². The first-order valence-electron chi connectivity index (χ1n) is 11.2. The number of Topliss-reactive ketones (excluding diaryl/α,β-unsaturated/α-hetero) is 1. The minimum atomic E-state index is -0.500. The molecule has 170 valence electrons. The molecular weight excluding hydrogens is 418 g/mol. The minimum absolute atomic E-state index is 0.0157. The molecule has 0 saturated carbocycles. The van der Waals surface area contributed by atoms with Gasteiger partial charge in [0.2, 0.25) is 11.8 Å². The number of ketones is 1. The van der Waals surface area contributed by atoms with E-state index in [4.69, 9.17) is 0 Å². The second-order valence-corrected chi connectivity index (χ2v) is 8.28. The summed E-state index contributed by atoms with van der Waals surface area (Å²) in [6, 6.07) is 12.2. The van der Waals surface area contributed by atoms with Crippen molar-refractivity contribution in [1.82, 2.24) is 14.8 Å². The lowest BCUT2D eigenvalue weighted by Gasteiger charge is -2.16. The molecule has 1 heterocycles. The number of fused-ring (bicyclic) bond motifs is 1. The molecule has 0 aliphatic heterocycles. The molecule has 3 aromatic rings. The molecule has 0 radical (unpaired) electrons. The van der Waals surface area contributed by atoms with E-state index in [9.17, 15) is 14.4 Å². The van der Waals surface area contributed by atoms with Crippen molar-refractivity contribution in [3.8, 4) is 0 Å². The molecule has 1 unspecified atom stereocenters. The summed E-state index contributed by atoms with van der Waals surface area (Å²) in [5.74, 6) is -0.464. The Morgan fingerprint density at radius 2 is 1.64 bits per heavy atom. The summed E-state index contributed by atoms with van der Waals surface area (Å²) in [6.45, 7) is 1.73. The van der Waals surface area contributed by atoms with Crippen molar-refractivity contribution in [2.75, 3.05) is 10.6 Å². The zero-order valence-corrected chi connectivity index (χ0v) is 18.6. The lowest BCUT2D eigenvalue weighted by molar-refractivity contribution is -0.119. The number of rotatable bonds is 8. The molecule has 1 aliphatic rings. The fraction of sp³-hybridized carbons (Fsp3) is 0.320. The summed E-state index contributed by atoms with van der Waals surface area (Å²) in [7, 11) is 0. The third kappa shape index (κ3) is 5.71. The van der Waals surface area contributed by atoms with Crippen LogP contribution in [0.5, 0.6) is 0 Å². The average molecular weight is 446 g/mol. The van der Waals surface area contributed by atoms with Gasteiger partial charge in [0.25, 0.3) is 0 Å². The van der Waals surface area contributed by atoms with Crippen LogP contribution in [0.15, 0.2) is 55.1 Å². The van der Waals surface area contributed by atoms with Crippen LogP contribution in [0, 0.1) is 0 Å². The van der Waals surface area contributed by atoms with Gasteiger partial charge in [0.15, 0.2) is 5.78 Å². The van der Waals surface area contributed by atoms with Crippen molar-refractivity contribution < 1.29 is 14.4 Å². The van der Waals surface area contributed by atoms with Crippen molar-refractivity contribution in [2.45, 2.75) is 51.5 Å². The molecule has 8 nitrogen and oxygen atoms in total. The van der Waals surface area contributed by atoms with Crippen LogP contribution in [-0.4, -0.2) is 32.4 Å². The van der Waals surface area contributed by atoms with E-state index in [0.29, 0.717) is 16.9 Å². The molecule has 2 N–H and O–H groups in total. The van der Waals surface area contributed by atoms with Crippen LogP contribution in [0.4, 0.5) is 11.4 Å². The van der Waals surface area contributed by atoms with Gasteiger partial charge in [0.05, 0.1) is 0 Å². The van der Waals surface area contributed by atoms with Crippen LogP contribution in [0.3, 0.4) is 0 Å². The number of hydrogen-bond donors (Lipinski definition) is 2. The molecule has 4 rings (SSSR count). The van der Waals surface area contributed by atoms with Gasteiger partial charge < -0.3 is 10.6 Å². The molecular formula is C25H27N5O3. The van der Waals surface area contributed by atoms with Crippen LogP contribution >= 0.6 is 0 Å². The van der Waals surface area contributed by atoms with E-state index in [0.717, 1.165) is 19.3 Å². The standard InChI is InChI=1S/C25H27N5O3/c1-17(30-16-26-15-27-30)25(33)29-22-10-8-21(9-11-22)28-24(32)13-12-23(31)20-7-6-18-4-2-3-5-19(18)14-20/h6-11,14-17H,2-5,12-13H2,1H3,(H,28,32)(H,29,33). The van der Waals surface area contributed by atoms with Crippen LogP contribution in [0.2, 0.25) is 0 Å². The maximum atomic E-state index is 12.5. The highest BCUT2D eigenvalue weighted by Gasteiger charge is 2.16. The Morgan fingerprint density at radius 3 is 2.33 bits per heavy atom. The third-order valence-electron chi connectivity index (χ3n) is 5.90. The van der Waals surface area contributed by atoms with Gasteiger partial charge in [-0.3, -0.25) is 14.4 Å². The topological polar surface area (TPSA) is 106 Å². The predicted molar refractivity (Wildman–Crippen MR) is 125 cm³/mol. The second-order valence-electron chi connectivity index (χ2n) is 8.28. The number of amides is 2. The summed E-state index contributed by atoms with van der Waals surface area (Å²) in [4.78, 5) is 41.0. The lowest BCUT2D eigenvalue weighted by atomic mass is 9.89. The molecule has 1 aliphatic carbocycles. The number of aryl methyl sites for hydroxylation is 2. The number of nitrogens with one attached hydrogen (secondary N) is 2. The number of carbonyl (C=O) groups is 3. The number of anilines is 2. The third-order valence-corrected chi connectivity index (χ3v) is 5.90. The molecule has 1 aromatic heterocycles. The molecule has 0 fully saturated rings. The van der Waals surface area contributed by atoms with E-state index in [1.807, 2.05) is 12.1 Å². The van der Waals surface area contributed by atoms with E-state index in [1.54, 1.807) is 31.2 Å². The minimum Gasteiger partial charge on any atom is -0.326 e. The number of aromatic nitrogens is 3. The number of benzene rings is 2. The van der Waals surface area contributed by atoms with Gasteiger partial charge in [-0.15, -0.1) is 0 Å². The predicted octanol–water partition coefficient (Wildman–Crippen LogP) is 3.96. The summed E-state index contributed by atoms with van der Waals surface area (Å²) in [6.07, 6.45) is 7.61. The van der Waals surface area contributed by atoms with Crippen LogP contribution in [0.25, 0.3) is 0 Å². The first kappa shape index (κ1) is 22.4. The lowest BCUT2D eigenvalue weighted by Crippen LogP contribution is -2.24. The van der Waals surface area contributed by atoms with Gasteiger partial charge >= 0.3 is 0 Å². The first-order chi connectivity index (χ1) is 16.0. The fourth-order valence-corrected chi connectivity index (χ4v) is 3.92. The highest BCUT2D eigenvalue weighted by Crippen LogP contribution is 2.23. The molecule has 33 heavy (non-hydrogen) atoms. The van der Waals surface area contributed by atoms with Gasteiger partial charge in [-0.25, -0.2) is 9.67 Å². The SMILES string of the molecule is CC(C(=O)Nc1ccc(NC(=O)CCC(=O)c2ccc3c(c2)CCCC3)cc1)n1cncn1. The number of carbonyl (C=O) groups excluding carboxylic acids is 3. The van der Waals surface area contributed by atoms with E-state index < -0.39 is 6.04 Å². The van der Waals surface area contributed by atoms with Crippen LogP contribution in [-0.2, 0) is 22.4 Å². The maximum Gasteiger partial charge on any atom is 0.249 e. The van der Waals surface area contributed by atoms with Gasteiger partial charge in [-0.05, 0) is 74.1 Å². The average Bonchev–Trinajstić information content (AvgIpc) is 3.38. The molecule has 0 saturated heterocycles. The van der Waals surface area contributed by atoms with Crippen molar-refractivity contribution >= 4 is 29.0 Å². The van der Waals surface area contributed by atoms with E-state index in [2.05, 4.69) is 26.8 Å². The Kier molecular flexibility index (Phi) is 6.92. The van der Waals surface area contributed by atoms with Gasteiger partial charge in [-0.2, -0.15) is 5.10 Å². The smallest absolute Gasteiger partial charge is 0.249 e. The van der Waals surface area contributed by atoms with Crippen LogP contribution < -0.4 is 10.6 Å². The first-order valence-corrected chi connectivity index (χ1v) is 11.2. The Balaban J connectivity index is 1.25. The molecule has 0 bridgehead atoms. The molecule has 8 heteroatoms. The van der Waals surface area contributed by atoms with Crippen LogP contribution in [0.1, 0.15) is 60.1 Å². The molecule has 2 amide bonds. The monoisotopic (exact) mass is 445 g/mol. The highest BCUT2D eigenvalue weighted by molar-refractivity contribution is 6.00. The maximum absolute atomic E-state index is 12.5. The second kappa shape index (κ2) is 10.2. The largest absolute Gasteiger partial charge is 0.326 e. The van der Waals surface area contributed by atoms with Crippen molar-refractivity contribution in [2.24, 2.45) is 0 Å². The van der Waals surface area contributed by atoms with Gasteiger partial charge in [0, 0.05) is 29.8 Å². The number of hydrogen-bond acceptors (Lipinski definition) is 5. The Morgan fingerprint density at radius 1 is 0.939 bits per heavy atom. The Labute approximate surface area is 192 Å². The summed E-state index contributed by atoms with van der Waals surface area (Å²) >= 11 is 0. The summed E-state index contributed by atoms with van der Waals surface area (Å²) in [5, 5.41) is 9.57. The summed E-state index contributed by atoms with van der Waals surface area (Å²) < 4.78 is 1.47. The van der Waals surface area contributed by atoms with Gasteiger partial charge in [-0.1, -0.05) is 12.1 Å². The quantitative estimate of drug-likeness (QED) is 0.511. The zero-order chi connectivity index (χ0) is 23.2. The Hall–Kier alpha value is -3.81. The van der Waals surface area contributed by atoms with Gasteiger partial charge in [0.1, 0.15) is 18.7 Å². The van der Waals surface area contributed by atoms with Crippen molar-refractivity contribution in [3.05, 3.63) is 71.8 Å². The molecule has 0 spiro atoms. The molecule has 1 atom stereocenters. The van der Waals surface area contributed by atoms with E-state index in [-0.39, 0.29) is 30.4 Å². The van der Waals surface area contributed by atoms with E-state index >= 15 is 0 Å². The van der Waals surface area contributed by atoms with Crippen molar-refractivity contribution in [3.63, 3.8) is 0 Å².